The van der Waals surface area contributed by atoms with E-state index in [4.69, 9.17) is 23.2 Å². The van der Waals surface area contributed by atoms with Crippen LogP contribution in [0.2, 0.25) is 10.0 Å². The minimum atomic E-state index is -0.185. The summed E-state index contributed by atoms with van der Waals surface area (Å²) >= 11 is 15.9. The number of carbonyl (C=O) groups excluding carboxylic acids is 1. The summed E-state index contributed by atoms with van der Waals surface area (Å²) in [5.41, 5.74) is 2.69. The lowest BCUT2D eigenvalue weighted by Crippen LogP contribution is -2.08. The molecule has 0 aliphatic rings. The van der Waals surface area contributed by atoms with Crippen molar-refractivity contribution in [3.8, 4) is 0 Å². The molecule has 0 radical (unpaired) electrons. The van der Waals surface area contributed by atoms with Gasteiger partial charge in [0.15, 0.2) is 0 Å². The zero-order valence-corrected chi connectivity index (χ0v) is 14.1. The van der Waals surface area contributed by atoms with Gasteiger partial charge in [-0.2, -0.15) is 0 Å². The molecule has 0 fully saturated rings. The van der Waals surface area contributed by atoms with Crippen LogP contribution in [-0.2, 0) is 0 Å². The first kappa shape index (κ1) is 14.6. The summed E-state index contributed by atoms with van der Waals surface area (Å²) in [5.74, 6) is -0.185. The van der Waals surface area contributed by atoms with E-state index in [1.165, 1.54) is 0 Å². The quantitative estimate of drug-likeness (QED) is 0.532. The zero-order chi connectivity index (χ0) is 15.1. The number of hydrogen-bond donors (Lipinski definition) is 0. The van der Waals surface area contributed by atoms with Crippen LogP contribution in [0.5, 0.6) is 0 Å². The maximum Gasteiger partial charge on any atom is 0.213 e. The molecule has 21 heavy (non-hydrogen) atoms. The monoisotopic (exact) mass is 381 g/mol. The molecule has 0 atom stereocenters. The van der Waals surface area contributed by atoms with E-state index < -0.39 is 0 Å². The van der Waals surface area contributed by atoms with Crippen molar-refractivity contribution >= 4 is 50.4 Å². The van der Waals surface area contributed by atoms with Crippen molar-refractivity contribution in [1.82, 2.24) is 4.40 Å². The number of halogens is 3. The normalized spacial score (nSPS) is 11.0. The first-order chi connectivity index (χ1) is 10.0. The van der Waals surface area contributed by atoms with Crippen molar-refractivity contribution in [1.29, 1.82) is 0 Å². The Labute approximate surface area is 140 Å². The Kier molecular flexibility index (Phi) is 3.82. The predicted octanol–water partition coefficient (Wildman–Crippen LogP) is 5.55. The van der Waals surface area contributed by atoms with Crippen molar-refractivity contribution in [2.75, 3.05) is 0 Å². The number of ketones is 1. The van der Waals surface area contributed by atoms with Gasteiger partial charge in [-0.15, -0.1) is 0 Å². The molecule has 106 valence electrons. The van der Waals surface area contributed by atoms with Crippen LogP contribution in [0, 0.1) is 6.92 Å². The molecule has 0 aliphatic heterocycles. The lowest BCUT2D eigenvalue weighted by atomic mass is 10.1. The van der Waals surface area contributed by atoms with E-state index in [0.29, 0.717) is 21.3 Å². The van der Waals surface area contributed by atoms with E-state index in [0.717, 1.165) is 15.6 Å². The number of hydrogen-bond acceptors (Lipinski definition) is 1. The van der Waals surface area contributed by atoms with Crippen LogP contribution in [0.3, 0.4) is 0 Å². The number of rotatable bonds is 2. The van der Waals surface area contributed by atoms with Crippen molar-refractivity contribution in [2.24, 2.45) is 0 Å². The fourth-order valence-corrected chi connectivity index (χ4v) is 3.49. The number of aromatic nitrogens is 1. The minimum absolute atomic E-state index is 0.185. The van der Waals surface area contributed by atoms with Crippen LogP contribution in [0.1, 0.15) is 21.6 Å². The Morgan fingerprint density at radius 3 is 2.43 bits per heavy atom. The molecule has 0 unspecified atom stereocenters. The second kappa shape index (κ2) is 5.48. The number of carbonyl (C=O) groups is 1. The fraction of sp³-hybridized carbons (Fsp3) is 0.0625. The molecule has 0 saturated heterocycles. The summed E-state index contributed by atoms with van der Waals surface area (Å²) < 4.78 is 2.75. The number of benzene rings is 1. The van der Waals surface area contributed by atoms with Gasteiger partial charge in [-0.05, 0) is 52.7 Å². The molecule has 0 spiro atoms. The average Bonchev–Trinajstić information content (AvgIpc) is 2.71. The number of pyridine rings is 1. The maximum absolute atomic E-state index is 12.9. The molecule has 0 aliphatic carbocycles. The van der Waals surface area contributed by atoms with Crippen molar-refractivity contribution in [3.63, 3.8) is 0 Å². The van der Waals surface area contributed by atoms with E-state index in [1.54, 1.807) is 18.2 Å². The van der Waals surface area contributed by atoms with E-state index in [2.05, 4.69) is 15.9 Å². The summed E-state index contributed by atoms with van der Waals surface area (Å²) in [6, 6.07) is 10.8. The SMILES string of the molecule is Cc1c(Br)c2ccccn2c1C(=O)c1c(Cl)cccc1Cl. The van der Waals surface area contributed by atoms with Gasteiger partial charge in [0.05, 0.1) is 26.8 Å². The molecule has 1 aromatic carbocycles. The van der Waals surface area contributed by atoms with Gasteiger partial charge in [0.25, 0.3) is 0 Å². The first-order valence-electron chi connectivity index (χ1n) is 6.26. The van der Waals surface area contributed by atoms with E-state index in [-0.39, 0.29) is 5.78 Å². The molecule has 2 nitrogen and oxygen atoms in total. The molecule has 0 saturated carbocycles. The second-order valence-corrected chi connectivity index (χ2v) is 6.28. The summed E-state index contributed by atoms with van der Waals surface area (Å²) in [6.07, 6.45) is 1.85. The molecule has 3 aromatic rings. The second-order valence-electron chi connectivity index (χ2n) is 4.67. The molecule has 2 heterocycles. The van der Waals surface area contributed by atoms with Crippen LogP contribution < -0.4 is 0 Å². The Hall–Kier alpha value is -1.29. The lowest BCUT2D eigenvalue weighted by Gasteiger charge is -2.07. The van der Waals surface area contributed by atoms with Crippen molar-refractivity contribution in [3.05, 3.63) is 73.9 Å². The Morgan fingerprint density at radius 2 is 1.76 bits per heavy atom. The molecular formula is C16H10BrCl2NO. The Bertz CT molecular complexity index is 850. The van der Waals surface area contributed by atoms with Gasteiger partial charge in [0.1, 0.15) is 0 Å². The van der Waals surface area contributed by atoms with E-state index >= 15 is 0 Å². The van der Waals surface area contributed by atoms with E-state index in [9.17, 15) is 4.79 Å². The third-order valence-electron chi connectivity index (χ3n) is 3.42. The van der Waals surface area contributed by atoms with Crippen LogP contribution >= 0.6 is 39.1 Å². The largest absolute Gasteiger partial charge is 0.312 e. The van der Waals surface area contributed by atoms with Crippen molar-refractivity contribution in [2.45, 2.75) is 6.92 Å². The van der Waals surface area contributed by atoms with Gasteiger partial charge in [0, 0.05) is 10.7 Å². The highest BCUT2D eigenvalue weighted by Crippen LogP contribution is 2.33. The molecule has 2 aromatic heterocycles. The van der Waals surface area contributed by atoms with Crippen molar-refractivity contribution < 1.29 is 4.79 Å². The summed E-state index contributed by atoms with van der Waals surface area (Å²) in [7, 11) is 0. The standard InChI is InChI=1S/C16H10BrCl2NO/c1-9-14(17)12-7-2-3-8-20(12)15(9)16(21)13-10(18)5-4-6-11(13)19/h2-8H,1H3. The first-order valence-corrected chi connectivity index (χ1v) is 7.81. The van der Waals surface area contributed by atoms with Crippen LogP contribution in [0.15, 0.2) is 47.1 Å². The summed E-state index contributed by atoms with van der Waals surface area (Å²) in [6.45, 7) is 1.90. The maximum atomic E-state index is 12.9. The van der Waals surface area contributed by atoms with Crippen LogP contribution in [0.4, 0.5) is 0 Å². The average molecular weight is 383 g/mol. The van der Waals surface area contributed by atoms with Gasteiger partial charge in [-0.3, -0.25) is 4.79 Å². The Balaban J connectivity index is 2.31. The molecule has 0 amide bonds. The van der Waals surface area contributed by atoms with Gasteiger partial charge in [-0.1, -0.05) is 35.3 Å². The molecule has 3 rings (SSSR count). The number of nitrogens with zero attached hydrogens (tertiary/aromatic N) is 1. The fourth-order valence-electron chi connectivity index (χ4n) is 2.41. The topological polar surface area (TPSA) is 21.5 Å². The van der Waals surface area contributed by atoms with Gasteiger partial charge in [-0.25, -0.2) is 0 Å². The minimum Gasteiger partial charge on any atom is -0.312 e. The third-order valence-corrected chi connectivity index (χ3v) is 5.05. The zero-order valence-electron chi connectivity index (χ0n) is 11.0. The van der Waals surface area contributed by atoms with Gasteiger partial charge in [0.2, 0.25) is 5.78 Å². The predicted molar refractivity (Wildman–Crippen MR) is 89.7 cm³/mol. The lowest BCUT2D eigenvalue weighted by molar-refractivity contribution is 0.103. The molecule has 5 heteroatoms. The summed E-state index contributed by atoms with van der Waals surface area (Å²) in [5, 5.41) is 0.711. The molecule has 0 bridgehead atoms. The number of fused-ring (bicyclic) bond motifs is 1. The highest BCUT2D eigenvalue weighted by atomic mass is 79.9. The molecular weight excluding hydrogens is 373 g/mol. The highest BCUT2D eigenvalue weighted by molar-refractivity contribution is 9.10. The van der Waals surface area contributed by atoms with E-state index in [1.807, 2.05) is 35.7 Å². The smallest absolute Gasteiger partial charge is 0.213 e. The van der Waals surface area contributed by atoms with Gasteiger partial charge < -0.3 is 4.40 Å². The van der Waals surface area contributed by atoms with Crippen LogP contribution in [-0.4, -0.2) is 10.2 Å². The third kappa shape index (κ3) is 2.30. The van der Waals surface area contributed by atoms with Crippen LogP contribution in [0.25, 0.3) is 5.52 Å². The highest BCUT2D eigenvalue weighted by Gasteiger charge is 2.23. The Morgan fingerprint density at radius 1 is 1.10 bits per heavy atom. The summed E-state index contributed by atoms with van der Waals surface area (Å²) in [4.78, 5) is 12.9. The van der Waals surface area contributed by atoms with Gasteiger partial charge >= 0.3 is 0 Å². The molecule has 0 N–H and O–H groups in total.